The molecule has 0 fully saturated rings. The van der Waals surface area contributed by atoms with E-state index < -0.39 is 0 Å². The fourth-order valence-electron chi connectivity index (χ4n) is 5.53. The molecule has 10 heteroatoms. The minimum absolute atomic E-state index is 0.0747. The Bertz CT molecular complexity index is 1430. The van der Waals surface area contributed by atoms with Crippen LogP contribution in [0.3, 0.4) is 0 Å². The number of hydrogen-bond donors (Lipinski definition) is 0. The SMILES string of the molecule is COc1cc2c(cc1OCCCOc1cc3c(cc1OC)C(=O)N1C=C(C)C[C@H]1C=N3)N=C[C@@H]1CC(C)=CN1C2=O. The number of aliphatic imine (C=N–C) groups is 2. The number of carbonyl (C=O) groups is 2. The van der Waals surface area contributed by atoms with Crippen LogP contribution >= 0.6 is 0 Å². The molecular weight excluding hydrogens is 524 g/mol. The van der Waals surface area contributed by atoms with Gasteiger partial charge in [0.05, 0.1) is 62.0 Å². The molecule has 0 radical (unpaired) electrons. The number of nitrogens with zero attached hydrogens (tertiary/aromatic N) is 4. The van der Waals surface area contributed by atoms with E-state index in [2.05, 4.69) is 9.98 Å². The lowest BCUT2D eigenvalue weighted by molar-refractivity contribution is 0.0809. The Kier molecular flexibility index (Phi) is 6.98. The topological polar surface area (TPSA) is 102 Å². The first kappa shape index (κ1) is 26.6. The summed E-state index contributed by atoms with van der Waals surface area (Å²) in [7, 11) is 3.09. The quantitative estimate of drug-likeness (QED) is 0.413. The van der Waals surface area contributed by atoms with Crippen molar-refractivity contribution in [2.45, 2.75) is 45.2 Å². The van der Waals surface area contributed by atoms with Gasteiger partial charge in [0.25, 0.3) is 11.8 Å². The molecule has 41 heavy (non-hydrogen) atoms. The van der Waals surface area contributed by atoms with E-state index in [4.69, 9.17) is 18.9 Å². The number of rotatable bonds is 8. The maximum atomic E-state index is 13.2. The Hall–Kier alpha value is -4.60. The van der Waals surface area contributed by atoms with Crippen LogP contribution in [0.4, 0.5) is 11.4 Å². The van der Waals surface area contributed by atoms with Gasteiger partial charge in [0.15, 0.2) is 23.0 Å². The second kappa shape index (κ2) is 10.8. The van der Waals surface area contributed by atoms with Crippen LogP contribution in [0.15, 0.2) is 57.8 Å². The summed E-state index contributed by atoms with van der Waals surface area (Å²) in [5.74, 6) is 1.73. The van der Waals surface area contributed by atoms with Crippen LogP contribution in [0.2, 0.25) is 0 Å². The van der Waals surface area contributed by atoms with Gasteiger partial charge in [0, 0.05) is 43.4 Å². The molecule has 0 saturated carbocycles. The Morgan fingerprint density at radius 2 is 1.15 bits per heavy atom. The van der Waals surface area contributed by atoms with Gasteiger partial charge in [-0.15, -0.1) is 0 Å². The highest BCUT2D eigenvalue weighted by Crippen LogP contribution is 2.40. The largest absolute Gasteiger partial charge is 0.493 e. The highest BCUT2D eigenvalue weighted by atomic mass is 16.5. The number of fused-ring (bicyclic) bond motifs is 4. The van der Waals surface area contributed by atoms with Gasteiger partial charge in [-0.05, 0) is 38.8 Å². The van der Waals surface area contributed by atoms with Crippen molar-refractivity contribution in [2.24, 2.45) is 9.98 Å². The zero-order valence-electron chi connectivity index (χ0n) is 23.5. The van der Waals surface area contributed by atoms with Crippen LogP contribution in [0.1, 0.15) is 53.8 Å². The average Bonchev–Trinajstić information content (AvgIpc) is 3.48. The maximum absolute atomic E-state index is 13.2. The standard InChI is InChI=1S/C31H32N4O6/c1-18-8-20-14-32-24-12-28(26(38-3)10-22(24)30(36)34(20)16-18)40-6-5-7-41-29-13-25-23(11-27(29)39-4)31(37)35-17-19(2)9-21(35)15-33-25/h10-17,20-21H,5-9H2,1-4H3/t20-,21-/m0/s1. The normalized spacial score (nSPS) is 20.4. The van der Waals surface area contributed by atoms with Gasteiger partial charge in [-0.1, -0.05) is 11.1 Å². The molecule has 4 aliphatic heterocycles. The zero-order valence-corrected chi connectivity index (χ0v) is 23.5. The van der Waals surface area contributed by atoms with Crippen LogP contribution in [0.5, 0.6) is 23.0 Å². The molecule has 6 rings (SSSR count). The van der Waals surface area contributed by atoms with Crippen molar-refractivity contribution in [3.8, 4) is 23.0 Å². The van der Waals surface area contributed by atoms with E-state index in [1.807, 2.05) is 38.7 Å². The Morgan fingerprint density at radius 3 is 1.56 bits per heavy atom. The molecular formula is C31H32N4O6. The second-order valence-corrected chi connectivity index (χ2v) is 10.6. The average molecular weight is 557 g/mol. The van der Waals surface area contributed by atoms with Crippen molar-refractivity contribution in [3.63, 3.8) is 0 Å². The minimum atomic E-state index is -0.106. The predicted molar refractivity (Wildman–Crippen MR) is 155 cm³/mol. The van der Waals surface area contributed by atoms with Gasteiger partial charge in [-0.25, -0.2) is 0 Å². The monoisotopic (exact) mass is 556 g/mol. The summed E-state index contributed by atoms with van der Waals surface area (Å²) >= 11 is 0. The van der Waals surface area contributed by atoms with Gasteiger partial charge >= 0.3 is 0 Å². The predicted octanol–water partition coefficient (Wildman–Crippen LogP) is 5.22. The molecule has 2 amide bonds. The third-order valence-electron chi connectivity index (χ3n) is 7.56. The van der Waals surface area contributed by atoms with Crippen molar-refractivity contribution in [2.75, 3.05) is 27.4 Å². The first-order valence-corrected chi connectivity index (χ1v) is 13.6. The van der Waals surface area contributed by atoms with E-state index in [1.54, 1.807) is 48.3 Å². The Labute approximate surface area is 238 Å². The van der Waals surface area contributed by atoms with E-state index in [9.17, 15) is 9.59 Å². The molecule has 0 N–H and O–H groups in total. The van der Waals surface area contributed by atoms with E-state index in [-0.39, 0.29) is 23.9 Å². The van der Waals surface area contributed by atoms with Crippen molar-refractivity contribution >= 4 is 35.6 Å². The number of amides is 2. The van der Waals surface area contributed by atoms with Gasteiger partial charge in [-0.3, -0.25) is 19.6 Å². The molecule has 0 unspecified atom stereocenters. The fraction of sp³-hybridized carbons (Fsp3) is 0.355. The molecule has 4 heterocycles. The van der Waals surface area contributed by atoms with E-state index in [1.165, 1.54) is 0 Å². The lowest BCUT2D eigenvalue weighted by Gasteiger charge is -2.19. The number of ether oxygens (including phenoxy) is 4. The van der Waals surface area contributed by atoms with E-state index in [0.29, 0.717) is 65.1 Å². The van der Waals surface area contributed by atoms with Gasteiger partial charge < -0.3 is 28.7 Å². The van der Waals surface area contributed by atoms with Crippen LogP contribution in [-0.4, -0.2) is 73.6 Å². The second-order valence-electron chi connectivity index (χ2n) is 10.6. The third-order valence-corrected chi connectivity index (χ3v) is 7.56. The molecule has 0 bridgehead atoms. The van der Waals surface area contributed by atoms with Crippen LogP contribution < -0.4 is 18.9 Å². The minimum Gasteiger partial charge on any atom is -0.493 e. The number of carbonyl (C=O) groups excluding carboxylic acids is 2. The van der Waals surface area contributed by atoms with Crippen LogP contribution in [0.25, 0.3) is 0 Å². The molecule has 2 aromatic rings. The van der Waals surface area contributed by atoms with Gasteiger partial charge in [0.1, 0.15) is 0 Å². The lowest BCUT2D eigenvalue weighted by atomic mass is 10.1. The number of benzene rings is 2. The van der Waals surface area contributed by atoms with Crippen LogP contribution in [-0.2, 0) is 0 Å². The first-order chi connectivity index (χ1) is 19.9. The summed E-state index contributed by atoms with van der Waals surface area (Å²) < 4.78 is 23.1. The molecule has 10 nitrogen and oxygen atoms in total. The smallest absolute Gasteiger partial charge is 0.260 e. The van der Waals surface area contributed by atoms with Gasteiger partial charge in [-0.2, -0.15) is 0 Å². The Morgan fingerprint density at radius 1 is 0.707 bits per heavy atom. The summed E-state index contributed by atoms with van der Waals surface area (Å²) in [5, 5.41) is 0. The summed E-state index contributed by atoms with van der Waals surface area (Å²) in [6.07, 6.45) is 9.51. The third kappa shape index (κ3) is 4.94. The maximum Gasteiger partial charge on any atom is 0.260 e. The zero-order chi connectivity index (χ0) is 28.7. The Balaban J connectivity index is 1.11. The van der Waals surface area contributed by atoms with Gasteiger partial charge in [0.2, 0.25) is 0 Å². The molecule has 0 saturated heterocycles. The van der Waals surface area contributed by atoms with Crippen LogP contribution in [0, 0.1) is 0 Å². The summed E-state index contributed by atoms with van der Waals surface area (Å²) in [6, 6.07) is 6.72. The molecule has 0 spiro atoms. The highest BCUT2D eigenvalue weighted by Gasteiger charge is 2.33. The fourth-order valence-corrected chi connectivity index (χ4v) is 5.53. The first-order valence-electron chi connectivity index (χ1n) is 13.6. The summed E-state index contributed by atoms with van der Waals surface area (Å²) in [4.78, 5) is 39.0. The summed E-state index contributed by atoms with van der Waals surface area (Å²) in [6.45, 7) is 4.71. The van der Waals surface area contributed by atoms with Crippen molar-refractivity contribution < 1.29 is 28.5 Å². The molecule has 212 valence electrons. The highest BCUT2D eigenvalue weighted by molar-refractivity contribution is 6.05. The molecule has 2 aromatic carbocycles. The van der Waals surface area contributed by atoms with E-state index >= 15 is 0 Å². The summed E-state index contributed by atoms with van der Waals surface area (Å²) in [5.41, 5.74) is 4.35. The molecule has 4 aliphatic rings. The van der Waals surface area contributed by atoms with E-state index in [0.717, 1.165) is 24.0 Å². The molecule has 0 aromatic heterocycles. The van der Waals surface area contributed by atoms with Crippen molar-refractivity contribution in [1.82, 2.24) is 9.80 Å². The number of methoxy groups -OCH3 is 2. The molecule has 0 aliphatic carbocycles. The lowest BCUT2D eigenvalue weighted by Crippen LogP contribution is -2.32. The van der Waals surface area contributed by atoms with Crippen molar-refractivity contribution in [3.05, 3.63) is 58.9 Å². The molecule has 2 atom stereocenters. The van der Waals surface area contributed by atoms with Crippen molar-refractivity contribution in [1.29, 1.82) is 0 Å². The number of hydrogen-bond acceptors (Lipinski definition) is 8.